The molecule has 1 aromatic carbocycles. The third-order valence-corrected chi connectivity index (χ3v) is 5.23. The van der Waals surface area contributed by atoms with E-state index < -0.39 is 10.0 Å². The van der Waals surface area contributed by atoms with Gasteiger partial charge in [0.2, 0.25) is 10.0 Å². The lowest BCUT2D eigenvalue weighted by atomic mass is 10.1. The molecule has 1 atom stereocenters. The van der Waals surface area contributed by atoms with E-state index in [2.05, 4.69) is 10.3 Å². The quantitative estimate of drug-likeness (QED) is 0.375. The van der Waals surface area contributed by atoms with Crippen molar-refractivity contribution in [2.45, 2.75) is 6.42 Å². The maximum atomic E-state index is 11.5. The third-order valence-electron chi connectivity index (χ3n) is 3.66. The van der Waals surface area contributed by atoms with E-state index in [0.717, 1.165) is 6.42 Å². The summed E-state index contributed by atoms with van der Waals surface area (Å²) in [7, 11) is -1.58. The molecule has 0 amide bonds. The number of rotatable bonds is 5. The van der Waals surface area contributed by atoms with Crippen molar-refractivity contribution in [3.05, 3.63) is 23.2 Å². The largest absolute Gasteiger partial charge is 0.495 e. The van der Waals surface area contributed by atoms with E-state index in [1.54, 1.807) is 25.3 Å². The van der Waals surface area contributed by atoms with Crippen LogP contribution in [0.25, 0.3) is 0 Å². The first-order valence-electron chi connectivity index (χ1n) is 7.15. The van der Waals surface area contributed by atoms with Crippen molar-refractivity contribution < 1.29 is 13.2 Å². The van der Waals surface area contributed by atoms with Gasteiger partial charge in [0.05, 0.1) is 18.4 Å². The molecule has 0 spiro atoms. The molecular weight excluding hydrogens is 467 g/mol. The van der Waals surface area contributed by atoms with Gasteiger partial charge in [-0.25, -0.2) is 12.7 Å². The Hall–Kier alpha value is -0.780. The zero-order valence-electron chi connectivity index (χ0n) is 13.5. The molecule has 0 aromatic heterocycles. The number of halogens is 2. The maximum Gasteiger partial charge on any atom is 0.211 e. The SMILES string of the molecule is COc1ccc(NC(N)=NCC2CCN(S(C)(=O)=O)C2)cc1Cl.I. The van der Waals surface area contributed by atoms with Crippen LogP contribution in [0.15, 0.2) is 23.2 Å². The molecular formula is C14H22ClIN4O3S. The van der Waals surface area contributed by atoms with E-state index in [9.17, 15) is 8.42 Å². The average molecular weight is 489 g/mol. The van der Waals surface area contributed by atoms with Crippen LogP contribution in [0.2, 0.25) is 5.02 Å². The van der Waals surface area contributed by atoms with E-state index in [1.165, 1.54) is 10.6 Å². The predicted octanol–water partition coefficient (Wildman–Crippen LogP) is 1.97. The molecule has 1 heterocycles. The number of nitrogens with one attached hydrogen (secondary N) is 1. The fraction of sp³-hybridized carbons (Fsp3) is 0.500. The summed E-state index contributed by atoms with van der Waals surface area (Å²) in [6, 6.07) is 5.22. The van der Waals surface area contributed by atoms with Crippen LogP contribution in [0.5, 0.6) is 5.75 Å². The van der Waals surface area contributed by atoms with Gasteiger partial charge in [-0.2, -0.15) is 0 Å². The Morgan fingerprint density at radius 3 is 2.79 bits per heavy atom. The first-order valence-corrected chi connectivity index (χ1v) is 9.38. The predicted molar refractivity (Wildman–Crippen MR) is 108 cm³/mol. The van der Waals surface area contributed by atoms with Gasteiger partial charge in [0.15, 0.2) is 5.96 Å². The van der Waals surface area contributed by atoms with Crippen LogP contribution in [0.1, 0.15) is 6.42 Å². The lowest BCUT2D eigenvalue weighted by molar-refractivity contribution is 0.415. The zero-order chi connectivity index (χ0) is 17.0. The smallest absolute Gasteiger partial charge is 0.211 e. The number of hydrogen-bond donors (Lipinski definition) is 2. The number of benzene rings is 1. The Balaban J connectivity index is 0.00000288. The van der Waals surface area contributed by atoms with Crippen LogP contribution in [0, 0.1) is 5.92 Å². The highest BCUT2D eigenvalue weighted by Crippen LogP contribution is 2.27. The Morgan fingerprint density at radius 1 is 1.54 bits per heavy atom. The van der Waals surface area contributed by atoms with Crippen molar-refractivity contribution in [1.29, 1.82) is 0 Å². The first-order chi connectivity index (χ1) is 10.8. The molecule has 2 rings (SSSR count). The number of ether oxygens (including phenoxy) is 1. The summed E-state index contributed by atoms with van der Waals surface area (Å²) >= 11 is 6.04. The normalized spacial score (nSPS) is 19.0. The molecule has 0 bridgehead atoms. The van der Waals surface area contributed by atoms with Crippen LogP contribution >= 0.6 is 35.6 Å². The second-order valence-corrected chi connectivity index (χ2v) is 7.87. The highest BCUT2D eigenvalue weighted by molar-refractivity contribution is 14.0. The fourth-order valence-corrected chi connectivity index (χ4v) is 3.58. The van der Waals surface area contributed by atoms with E-state index >= 15 is 0 Å². The van der Waals surface area contributed by atoms with Crippen molar-refractivity contribution in [2.75, 3.05) is 38.3 Å². The Labute approximate surface area is 164 Å². The molecule has 0 aliphatic carbocycles. The van der Waals surface area contributed by atoms with Crippen molar-refractivity contribution >= 4 is 57.2 Å². The first kappa shape index (κ1) is 21.3. The van der Waals surface area contributed by atoms with E-state index in [4.69, 9.17) is 22.1 Å². The van der Waals surface area contributed by atoms with E-state index in [-0.39, 0.29) is 35.9 Å². The molecule has 1 aliphatic rings. The van der Waals surface area contributed by atoms with Crippen molar-refractivity contribution in [1.82, 2.24) is 4.31 Å². The number of anilines is 1. The molecule has 1 unspecified atom stereocenters. The van der Waals surface area contributed by atoms with Gasteiger partial charge in [0.25, 0.3) is 0 Å². The summed E-state index contributed by atoms with van der Waals surface area (Å²) in [5.41, 5.74) is 6.57. The minimum Gasteiger partial charge on any atom is -0.495 e. The molecule has 1 aromatic rings. The summed E-state index contributed by atoms with van der Waals surface area (Å²) < 4.78 is 29.5. The van der Waals surface area contributed by atoms with E-state index in [1.807, 2.05) is 0 Å². The number of sulfonamides is 1. The van der Waals surface area contributed by atoms with Crippen LogP contribution in [0.3, 0.4) is 0 Å². The second kappa shape index (κ2) is 9.07. The summed E-state index contributed by atoms with van der Waals surface area (Å²) in [4.78, 5) is 4.28. The van der Waals surface area contributed by atoms with Gasteiger partial charge in [-0.1, -0.05) is 11.6 Å². The van der Waals surface area contributed by atoms with Crippen LogP contribution in [-0.4, -0.2) is 51.7 Å². The van der Waals surface area contributed by atoms with Crippen LogP contribution < -0.4 is 15.8 Å². The number of methoxy groups -OCH3 is 1. The van der Waals surface area contributed by atoms with Gasteiger partial charge in [0, 0.05) is 25.3 Å². The highest BCUT2D eigenvalue weighted by atomic mass is 127. The molecule has 0 saturated carbocycles. The molecule has 3 N–H and O–H groups in total. The Kier molecular flexibility index (Phi) is 8.03. The zero-order valence-corrected chi connectivity index (χ0v) is 17.4. The topological polar surface area (TPSA) is 97.0 Å². The van der Waals surface area contributed by atoms with Gasteiger partial charge >= 0.3 is 0 Å². The summed E-state index contributed by atoms with van der Waals surface area (Å²) in [6.45, 7) is 1.51. The van der Waals surface area contributed by atoms with Crippen molar-refractivity contribution in [3.8, 4) is 5.75 Å². The molecule has 0 radical (unpaired) electrons. The summed E-state index contributed by atoms with van der Waals surface area (Å²) in [5, 5.41) is 3.43. The fourth-order valence-electron chi connectivity index (χ4n) is 2.41. The van der Waals surface area contributed by atoms with E-state index in [0.29, 0.717) is 36.1 Å². The monoisotopic (exact) mass is 488 g/mol. The minimum absolute atomic E-state index is 0. The lowest BCUT2D eigenvalue weighted by Gasteiger charge is -2.12. The standard InChI is InChI=1S/C14H21ClN4O3S.HI/c1-22-13-4-3-11(7-12(13)15)18-14(16)17-8-10-5-6-19(9-10)23(2,20)21;/h3-4,7,10H,5-6,8-9H2,1-2H3,(H3,16,17,18);1H. The lowest BCUT2D eigenvalue weighted by Crippen LogP contribution is -2.28. The summed E-state index contributed by atoms with van der Waals surface area (Å²) in [5.74, 6) is 1.04. The van der Waals surface area contributed by atoms with Gasteiger partial charge < -0.3 is 15.8 Å². The van der Waals surface area contributed by atoms with Gasteiger partial charge in [0.1, 0.15) is 5.75 Å². The molecule has 1 aliphatic heterocycles. The third kappa shape index (κ3) is 5.94. The molecule has 24 heavy (non-hydrogen) atoms. The maximum absolute atomic E-state index is 11.5. The highest BCUT2D eigenvalue weighted by Gasteiger charge is 2.28. The molecule has 7 nitrogen and oxygen atoms in total. The molecule has 1 saturated heterocycles. The molecule has 1 fully saturated rings. The van der Waals surface area contributed by atoms with Crippen LogP contribution in [-0.2, 0) is 10.0 Å². The average Bonchev–Trinajstić information content (AvgIpc) is 2.94. The van der Waals surface area contributed by atoms with Crippen molar-refractivity contribution in [2.24, 2.45) is 16.6 Å². The number of aliphatic imine (C=N–C) groups is 1. The number of hydrogen-bond acceptors (Lipinski definition) is 4. The van der Waals surface area contributed by atoms with Gasteiger partial charge in [-0.15, -0.1) is 24.0 Å². The minimum atomic E-state index is -3.12. The molecule has 10 heteroatoms. The second-order valence-electron chi connectivity index (χ2n) is 5.48. The van der Waals surface area contributed by atoms with Gasteiger partial charge in [-0.3, -0.25) is 4.99 Å². The van der Waals surface area contributed by atoms with Crippen molar-refractivity contribution in [3.63, 3.8) is 0 Å². The Morgan fingerprint density at radius 2 is 2.25 bits per heavy atom. The number of nitrogens with zero attached hydrogens (tertiary/aromatic N) is 2. The molecule has 136 valence electrons. The summed E-state index contributed by atoms with van der Waals surface area (Å²) in [6.07, 6.45) is 2.01. The van der Waals surface area contributed by atoms with Gasteiger partial charge in [-0.05, 0) is 30.5 Å². The number of nitrogens with two attached hydrogens (primary N) is 1. The Bertz CT molecular complexity index is 699. The van der Waals surface area contributed by atoms with Crippen LogP contribution in [0.4, 0.5) is 5.69 Å². The number of guanidine groups is 1.